The van der Waals surface area contributed by atoms with Gasteiger partial charge in [0.2, 0.25) is 5.91 Å². The van der Waals surface area contributed by atoms with Crippen LogP contribution in [0.1, 0.15) is 22.8 Å². The molecule has 0 spiro atoms. The van der Waals surface area contributed by atoms with Crippen LogP contribution in [0.5, 0.6) is 0 Å². The van der Waals surface area contributed by atoms with E-state index in [1.54, 1.807) is 30.3 Å². The summed E-state index contributed by atoms with van der Waals surface area (Å²) < 4.78 is 0. The second-order valence-electron chi connectivity index (χ2n) is 4.31. The highest BCUT2D eigenvalue weighted by Crippen LogP contribution is 2.21. The van der Waals surface area contributed by atoms with E-state index in [-0.39, 0.29) is 11.8 Å². The van der Waals surface area contributed by atoms with Gasteiger partial charge >= 0.3 is 0 Å². The maximum atomic E-state index is 12.4. The molecule has 0 radical (unpaired) electrons. The molecule has 96 valence electrons. The van der Waals surface area contributed by atoms with E-state index in [4.69, 9.17) is 0 Å². The van der Waals surface area contributed by atoms with E-state index in [0.29, 0.717) is 11.3 Å². The molecule has 0 heterocycles. The van der Waals surface area contributed by atoms with Crippen molar-refractivity contribution < 1.29 is 9.59 Å². The zero-order chi connectivity index (χ0) is 13.8. The number of hydrogen-bond donors (Lipinski definition) is 0. The second-order valence-corrected chi connectivity index (χ2v) is 4.31. The van der Waals surface area contributed by atoms with Crippen molar-refractivity contribution in [3.63, 3.8) is 0 Å². The van der Waals surface area contributed by atoms with E-state index in [1.807, 2.05) is 31.2 Å². The average molecular weight is 253 g/mol. The van der Waals surface area contributed by atoms with Gasteiger partial charge in [0.1, 0.15) is 0 Å². The van der Waals surface area contributed by atoms with Crippen molar-refractivity contribution in [3.05, 3.63) is 65.7 Å². The summed E-state index contributed by atoms with van der Waals surface area (Å²) in [5, 5.41) is 0. The number of rotatable bonds is 2. The first-order chi connectivity index (χ1) is 9.11. The molecule has 2 rings (SSSR count). The Morgan fingerprint density at radius 1 is 0.895 bits per heavy atom. The number of imide groups is 1. The maximum Gasteiger partial charge on any atom is 0.265 e. The molecule has 0 N–H and O–H groups in total. The van der Waals surface area contributed by atoms with Crippen LogP contribution in [0, 0.1) is 6.92 Å². The first kappa shape index (κ1) is 13.0. The predicted octanol–water partition coefficient (Wildman–Crippen LogP) is 3.19. The Labute approximate surface area is 112 Å². The van der Waals surface area contributed by atoms with Crippen molar-refractivity contribution in [2.24, 2.45) is 0 Å². The Morgan fingerprint density at radius 2 is 1.47 bits per heavy atom. The summed E-state index contributed by atoms with van der Waals surface area (Å²) in [5.41, 5.74) is 2.02. The fourth-order valence-corrected chi connectivity index (χ4v) is 1.95. The van der Waals surface area contributed by atoms with Crippen LogP contribution in [0.25, 0.3) is 0 Å². The summed E-state index contributed by atoms with van der Waals surface area (Å²) in [4.78, 5) is 25.5. The third kappa shape index (κ3) is 2.71. The van der Waals surface area contributed by atoms with Gasteiger partial charge in [0.05, 0.1) is 5.69 Å². The topological polar surface area (TPSA) is 37.4 Å². The Bertz CT molecular complexity index is 605. The summed E-state index contributed by atoms with van der Waals surface area (Å²) in [5.74, 6) is -0.592. The summed E-state index contributed by atoms with van der Waals surface area (Å²) in [6.45, 7) is 3.27. The van der Waals surface area contributed by atoms with E-state index in [9.17, 15) is 9.59 Å². The van der Waals surface area contributed by atoms with Crippen molar-refractivity contribution >= 4 is 17.5 Å². The largest absolute Gasteiger partial charge is 0.274 e. The molecule has 2 aromatic rings. The minimum Gasteiger partial charge on any atom is -0.274 e. The molecular weight excluding hydrogens is 238 g/mol. The van der Waals surface area contributed by atoms with Gasteiger partial charge in [0.15, 0.2) is 0 Å². The minimum absolute atomic E-state index is 0.289. The van der Waals surface area contributed by atoms with Crippen LogP contribution in [0.15, 0.2) is 54.6 Å². The third-order valence-electron chi connectivity index (χ3n) is 2.90. The number of hydrogen-bond acceptors (Lipinski definition) is 2. The van der Waals surface area contributed by atoms with Gasteiger partial charge in [-0.05, 0) is 30.7 Å². The zero-order valence-corrected chi connectivity index (χ0v) is 11.0. The van der Waals surface area contributed by atoms with Crippen LogP contribution in [0.3, 0.4) is 0 Å². The number of nitrogens with zero attached hydrogens (tertiary/aromatic N) is 1. The molecule has 2 amide bonds. The van der Waals surface area contributed by atoms with Gasteiger partial charge in [-0.2, -0.15) is 0 Å². The Morgan fingerprint density at radius 3 is 2.05 bits per heavy atom. The van der Waals surface area contributed by atoms with E-state index >= 15 is 0 Å². The van der Waals surface area contributed by atoms with Crippen LogP contribution >= 0.6 is 0 Å². The summed E-state index contributed by atoms with van der Waals surface area (Å²) >= 11 is 0. The number of amides is 2. The third-order valence-corrected chi connectivity index (χ3v) is 2.90. The Hall–Kier alpha value is -2.42. The monoisotopic (exact) mass is 253 g/mol. The average Bonchev–Trinajstić information content (AvgIpc) is 2.42. The number of aryl methyl sites for hydroxylation is 1. The number of benzene rings is 2. The lowest BCUT2D eigenvalue weighted by Gasteiger charge is -2.21. The highest BCUT2D eigenvalue weighted by atomic mass is 16.2. The van der Waals surface area contributed by atoms with Gasteiger partial charge in [-0.1, -0.05) is 36.4 Å². The second kappa shape index (κ2) is 5.48. The van der Waals surface area contributed by atoms with Crippen LogP contribution in [-0.2, 0) is 4.79 Å². The standard InChI is InChI=1S/C16H15NO2/c1-12-8-6-7-11-15(12)17(13(2)18)16(19)14-9-4-3-5-10-14/h3-11H,1-2H3. The normalized spacial score (nSPS) is 10.0. The Balaban J connectivity index is 2.45. The van der Waals surface area contributed by atoms with E-state index in [1.165, 1.54) is 11.8 Å². The highest BCUT2D eigenvalue weighted by molar-refractivity contribution is 6.20. The molecular formula is C16H15NO2. The smallest absolute Gasteiger partial charge is 0.265 e. The molecule has 0 unspecified atom stereocenters. The minimum atomic E-state index is -0.303. The quantitative estimate of drug-likeness (QED) is 0.824. The Kier molecular flexibility index (Phi) is 3.76. The molecule has 0 aliphatic rings. The molecule has 3 heteroatoms. The summed E-state index contributed by atoms with van der Waals surface area (Å²) in [6.07, 6.45) is 0. The highest BCUT2D eigenvalue weighted by Gasteiger charge is 2.22. The van der Waals surface area contributed by atoms with Crippen molar-refractivity contribution in [1.29, 1.82) is 0 Å². The number of carbonyl (C=O) groups is 2. The van der Waals surface area contributed by atoms with Crippen LogP contribution < -0.4 is 4.90 Å². The van der Waals surface area contributed by atoms with Gasteiger partial charge in [-0.15, -0.1) is 0 Å². The van der Waals surface area contributed by atoms with E-state index in [2.05, 4.69) is 0 Å². The molecule has 0 bridgehead atoms. The van der Waals surface area contributed by atoms with Gasteiger partial charge < -0.3 is 0 Å². The molecule has 0 aliphatic carbocycles. The number of carbonyl (C=O) groups excluding carboxylic acids is 2. The SMILES string of the molecule is CC(=O)N(C(=O)c1ccccc1)c1ccccc1C. The predicted molar refractivity (Wildman–Crippen MR) is 75.1 cm³/mol. The maximum absolute atomic E-state index is 12.4. The van der Waals surface area contributed by atoms with Crippen molar-refractivity contribution in [2.45, 2.75) is 13.8 Å². The molecule has 2 aromatic carbocycles. The molecule has 0 atom stereocenters. The first-order valence-electron chi connectivity index (χ1n) is 6.07. The van der Waals surface area contributed by atoms with Crippen molar-refractivity contribution in [2.75, 3.05) is 4.90 Å². The van der Waals surface area contributed by atoms with Crippen molar-refractivity contribution in [1.82, 2.24) is 0 Å². The van der Waals surface area contributed by atoms with Crippen LogP contribution in [0.4, 0.5) is 5.69 Å². The lowest BCUT2D eigenvalue weighted by Crippen LogP contribution is -2.35. The molecule has 0 saturated heterocycles. The number of para-hydroxylation sites is 1. The van der Waals surface area contributed by atoms with Gasteiger partial charge in [0, 0.05) is 12.5 Å². The summed E-state index contributed by atoms with van der Waals surface area (Å²) in [7, 11) is 0. The van der Waals surface area contributed by atoms with E-state index in [0.717, 1.165) is 5.56 Å². The molecule has 19 heavy (non-hydrogen) atoms. The van der Waals surface area contributed by atoms with Gasteiger partial charge in [-0.3, -0.25) is 9.59 Å². The van der Waals surface area contributed by atoms with E-state index < -0.39 is 0 Å². The van der Waals surface area contributed by atoms with Gasteiger partial charge in [-0.25, -0.2) is 4.90 Å². The molecule has 0 fully saturated rings. The van der Waals surface area contributed by atoms with Crippen molar-refractivity contribution in [3.8, 4) is 0 Å². The number of anilines is 1. The fraction of sp³-hybridized carbons (Fsp3) is 0.125. The molecule has 0 aliphatic heterocycles. The zero-order valence-electron chi connectivity index (χ0n) is 11.0. The molecule has 0 aromatic heterocycles. The first-order valence-corrected chi connectivity index (χ1v) is 6.07. The van der Waals surface area contributed by atoms with Crippen LogP contribution in [0.2, 0.25) is 0 Å². The van der Waals surface area contributed by atoms with Crippen LogP contribution in [-0.4, -0.2) is 11.8 Å². The lowest BCUT2D eigenvalue weighted by molar-refractivity contribution is -0.115. The summed E-state index contributed by atoms with van der Waals surface area (Å²) in [6, 6.07) is 16.2. The molecule has 3 nitrogen and oxygen atoms in total. The molecule has 0 saturated carbocycles. The van der Waals surface area contributed by atoms with Gasteiger partial charge in [0.25, 0.3) is 5.91 Å². The lowest BCUT2D eigenvalue weighted by atomic mass is 10.1. The fourth-order valence-electron chi connectivity index (χ4n) is 1.95.